The number of carbonyl (C=O) groups excluding carboxylic acids is 4. The van der Waals surface area contributed by atoms with E-state index in [0.717, 1.165) is 109 Å². The van der Waals surface area contributed by atoms with Gasteiger partial charge in [0.1, 0.15) is 19.3 Å². The van der Waals surface area contributed by atoms with Crippen LogP contribution in [-0.4, -0.2) is 96.7 Å². The lowest BCUT2D eigenvalue weighted by atomic mass is 10.0. The summed E-state index contributed by atoms with van der Waals surface area (Å²) < 4.78 is 68.4. The van der Waals surface area contributed by atoms with Gasteiger partial charge in [0.05, 0.1) is 26.4 Å². The third-order valence-corrected chi connectivity index (χ3v) is 20.4. The minimum atomic E-state index is -4.96. The Morgan fingerprint density at radius 1 is 0.276 bits per heavy atom. The third-order valence-electron chi connectivity index (χ3n) is 18.5. The first kappa shape index (κ1) is 96.1. The SMILES string of the molecule is CCCCCCCCCCCCCCCCCCCCCCC(=O)OC[C@H](COP(=O)(O)OC[C@@H](O)COP(=O)(O)OC[C@@H](COC(=O)CCCCCCCCC)OC(=O)CCCCCCCCCC(C)C)OC(=O)CCCCCCCCCCCCCCCCCCCCC(C)C. The molecule has 17 nitrogen and oxygen atoms in total. The third kappa shape index (κ3) is 72.4. The molecule has 0 radical (unpaired) electrons. The van der Waals surface area contributed by atoms with Crippen LogP contribution in [0.5, 0.6) is 0 Å². The van der Waals surface area contributed by atoms with Crippen molar-refractivity contribution in [3.63, 3.8) is 0 Å². The molecule has 5 atom stereocenters. The molecule has 0 amide bonds. The van der Waals surface area contributed by atoms with Gasteiger partial charge in [0.15, 0.2) is 12.2 Å². The zero-order chi connectivity index (χ0) is 72.1. The standard InChI is InChI=1S/C79H154O17P2/c1-7-9-11-13-15-16-17-18-19-20-21-22-26-29-32-35-38-44-50-56-62-77(82)90-68-75(95-78(83)63-57-51-45-39-36-33-30-27-24-23-25-28-31-34-37-42-47-53-59-71(3)4)70-94-98(87,88)92-66-73(80)65-91-97(85,86)93-69-74(67-89-76(81)61-55-49-41-14-12-10-8-2)96-79(84)64-58-52-46-40-43-48-54-60-72(5)6/h71-75,80H,7-70H2,1-6H3,(H,85,86)(H,87,88)/t73-,74+,75+/m0/s1. The summed E-state index contributed by atoms with van der Waals surface area (Å²) in [7, 11) is -9.91. The molecule has 2 unspecified atom stereocenters. The second-order valence-electron chi connectivity index (χ2n) is 29.4. The molecule has 0 aliphatic rings. The van der Waals surface area contributed by atoms with Crippen LogP contribution in [0, 0.1) is 11.8 Å². The van der Waals surface area contributed by atoms with Crippen LogP contribution in [0.4, 0.5) is 0 Å². The number of hydrogen-bond acceptors (Lipinski definition) is 15. The highest BCUT2D eigenvalue weighted by atomic mass is 31.2. The summed E-state index contributed by atoms with van der Waals surface area (Å²) in [5.41, 5.74) is 0. The second-order valence-corrected chi connectivity index (χ2v) is 32.3. The minimum absolute atomic E-state index is 0.103. The van der Waals surface area contributed by atoms with Crippen molar-refractivity contribution < 1.29 is 80.2 Å². The van der Waals surface area contributed by atoms with Crippen LogP contribution >= 0.6 is 15.6 Å². The fourth-order valence-electron chi connectivity index (χ4n) is 12.2. The number of unbranched alkanes of at least 4 members (excludes halogenated alkanes) is 48. The molecule has 0 bridgehead atoms. The molecule has 0 fully saturated rings. The first-order valence-electron chi connectivity index (χ1n) is 41.0. The Hall–Kier alpha value is -1.94. The fraction of sp³-hybridized carbons (Fsp3) is 0.949. The second kappa shape index (κ2) is 70.7. The van der Waals surface area contributed by atoms with Crippen molar-refractivity contribution >= 4 is 39.5 Å². The number of phosphoric ester groups is 2. The van der Waals surface area contributed by atoms with Crippen LogP contribution in [0.1, 0.15) is 414 Å². The molecule has 0 aromatic carbocycles. The van der Waals surface area contributed by atoms with Gasteiger partial charge < -0.3 is 33.8 Å². The molecule has 0 aromatic rings. The molecule has 0 aliphatic carbocycles. The van der Waals surface area contributed by atoms with E-state index in [1.54, 1.807) is 0 Å². The fourth-order valence-corrected chi connectivity index (χ4v) is 13.8. The van der Waals surface area contributed by atoms with Crippen LogP contribution in [-0.2, 0) is 65.4 Å². The highest BCUT2D eigenvalue weighted by molar-refractivity contribution is 7.47. The average Bonchev–Trinajstić information content (AvgIpc) is 1.18. The van der Waals surface area contributed by atoms with E-state index in [1.807, 2.05) is 0 Å². The van der Waals surface area contributed by atoms with Crippen molar-refractivity contribution in [2.24, 2.45) is 11.8 Å². The Morgan fingerprint density at radius 3 is 0.694 bits per heavy atom. The Labute approximate surface area is 600 Å². The van der Waals surface area contributed by atoms with E-state index < -0.39 is 97.5 Å². The number of esters is 4. The maximum absolute atomic E-state index is 13.1. The van der Waals surface area contributed by atoms with Gasteiger partial charge in [0, 0.05) is 25.7 Å². The van der Waals surface area contributed by atoms with Crippen molar-refractivity contribution in [1.82, 2.24) is 0 Å². The zero-order valence-electron chi connectivity index (χ0n) is 64.1. The Balaban J connectivity index is 5.14. The van der Waals surface area contributed by atoms with E-state index in [4.69, 9.17) is 37.0 Å². The predicted molar refractivity (Wildman–Crippen MR) is 400 cm³/mol. The summed E-state index contributed by atoms with van der Waals surface area (Å²) in [6, 6.07) is 0. The summed E-state index contributed by atoms with van der Waals surface area (Å²) >= 11 is 0. The maximum atomic E-state index is 13.1. The van der Waals surface area contributed by atoms with Crippen LogP contribution in [0.15, 0.2) is 0 Å². The van der Waals surface area contributed by atoms with Gasteiger partial charge in [-0.2, -0.15) is 0 Å². The van der Waals surface area contributed by atoms with E-state index >= 15 is 0 Å². The highest BCUT2D eigenvalue weighted by Crippen LogP contribution is 2.45. The largest absolute Gasteiger partial charge is 0.472 e. The van der Waals surface area contributed by atoms with E-state index in [2.05, 4.69) is 41.5 Å². The molecule has 582 valence electrons. The van der Waals surface area contributed by atoms with E-state index in [-0.39, 0.29) is 25.7 Å². The van der Waals surface area contributed by atoms with Crippen LogP contribution in [0.2, 0.25) is 0 Å². The first-order chi connectivity index (χ1) is 47.4. The van der Waals surface area contributed by atoms with Gasteiger partial charge in [0.2, 0.25) is 0 Å². The number of aliphatic hydroxyl groups is 1. The normalized spacial score (nSPS) is 13.9. The number of carbonyl (C=O) groups is 4. The minimum Gasteiger partial charge on any atom is -0.462 e. The number of rotatable bonds is 78. The molecule has 98 heavy (non-hydrogen) atoms. The molecule has 0 aromatic heterocycles. The van der Waals surface area contributed by atoms with Gasteiger partial charge in [-0.15, -0.1) is 0 Å². The summed E-state index contributed by atoms with van der Waals surface area (Å²) in [6.07, 6.45) is 60.2. The molecular weight excluding hydrogens is 1280 g/mol. The van der Waals surface area contributed by atoms with Crippen molar-refractivity contribution in [2.45, 2.75) is 432 Å². The van der Waals surface area contributed by atoms with Gasteiger partial charge in [-0.25, -0.2) is 9.13 Å². The molecule has 3 N–H and O–H groups in total. The van der Waals surface area contributed by atoms with Gasteiger partial charge in [-0.05, 0) is 37.5 Å². The zero-order valence-corrected chi connectivity index (χ0v) is 65.9. The number of aliphatic hydroxyl groups excluding tert-OH is 1. The quantitative estimate of drug-likeness (QED) is 0.0222. The van der Waals surface area contributed by atoms with Crippen LogP contribution < -0.4 is 0 Å². The molecule has 0 heterocycles. The molecule has 19 heteroatoms. The van der Waals surface area contributed by atoms with Gasteiger partial charge in [-0.1, -0.05) is 363 Å². The summed E-state index contributed by atoms with van der Waals surface area (Å²) in [5, 5.41) is 10.6. The lowest BCUT2D eigenvalue weighted by Gasteiger charge is -2.21. The average molecular weight is 1440 g/mol. The molecule has 0 aliphatic heterocycles. The first-order valence-corrected chi connectivity index (χ1v) is 44.0. The van der Waals surface area contributed by atoms with Crippen molar-refractivity contribution in [3.8, 4) is 0 Å². The van der Waals surface area contributed by atoms with E-state index in [1.165, 1.54) is 218 Å². The van der Waals surface area contributed by atoms with E-state index in [0.29, 0.717) is 31.6 Å². The van der Waals surface area contributed by atoms with Gasteiger partial charge in [0.25, 0.3) is 0 Å². The van der Waals surface area contributed by atoms with E-state index in [9.17, 15) is 43.2 Å². The lowest BCUT2D eigenvalue weighted by molar-refractivity contribution is -0.161. The number of ether oxygens (including phenoxy) is 4. The smallest absolute Gasteiger partial charge is 0.462 e. The number of phosphoric acid groups is 2. The van der Waals surface area contributed by atoms with Gasteiger partial charge >= 0.3 is 39.5 Å². The van der Waals surface area contributed by atoms with Crippen molar-refractivity contribution in [1.29, 1.82) is 0 Å². The Kier molecular flexibility index (Phi) is 69.3. The predicted octanol–water partition coefficient (Wildman–Crippen LogP) is 23.5. The molecular formula is C79H154O17P2. The Morgan fingerprint density at radius 2 is 0.469 bits per heavy atom. The van der Waals surface area contributed by atoms with Crippen LogP contribution in [0.3, 0.4) is 0 Å². The maximum Gasteiger partial charge on any atom is 0.472 e. The number of hydrogen-bond donors (Lipinski definition) is 3. The monoisotopic (exact) mass is 1440 g/mol. The van der Waals surface area contributed by atoms with Crippen LogP contribution in [0.25, 0.3) is 0 Å². The topological polar surface area (TPSA) is 237 Å². The van der Waals surface area contributed by atoms with Crippen molar-refractivity contribution in [3.05, 3.63) is 0 Å². The molecule has 0 saturated carbocycles. The molecule has 0 spiro atoms. The molecule has 0 rings (SSSR count). The summed E-state index contributed by atoms with van der Waals surface area (Å²) in [5.74, 6) is -0.604. The summed E-state index contributed by atoms with van der Waals surface area (Å²) in [4.78, 5) is 72.7. The van der Waals surface area contributed by atoms with Crippen molar-refractivity contribution in [2.75, 3.05) is 39.6 Å². The molecule has 0 saturated heterocycles. The van der Waals surface area contributed by atoms with Gasteiger partial charge in [-0.3, -0.25) is 37.3 Å². The summed E-state index contributed by atoms with van der Waals surface area (Å²) in [6.45, 7) is 9.54. The highest BCUT2D eigenvalue weighted by Gasteiger charge is 2.30. The lowest BCUT2D eigenvalue weighted by Crippen LogP contribution is -2.30. The Bertz CT molecular complexity index is 1890.